The molecule has 1 fully saturated rings. The molecule has 0 aromatic heterocycles. The molecule has 1 aliphatic heterocycles. The summed E-state index contributed by atoms with van der Waals surface area (Å²) in [6.07, 6.45) is 0. The van der Waals surface area contributed by atoms with Gasteiger partial charge in [0.1, 0.15) is 0 Å². The molecule has 1 saturated heterocycles. The zero-order valence-electron chi connectivity index (χ0n) is 14.5. The van der Waals surface area contributed by atoms with Gasteiger partial charge < -0.3 is 20.6 Å². The molecule has 1 rings (SSSR count). The van der Waals surface area contributed by atoms with Gasteiger partial charge in [-0.3, -0.25) is 22.6 Å². The standard InChI is InChI=1S/C5H25N5O10Si5/c1-21(11-6)16-22(2,12-7)18-24(4,14-9)20-25(5,15-10)19-23(3,13-8)17-21/h6-10H2,1-5H3. The molecule has 1 heterocycles. The molecule has 0 unspecified atom stereocenters. The number of rotatable bonds is 5. The van der Waals surface area contributed by atoms with Gasteiger partial charge >= 0.3 is 44.0 Å². The Balaban J connectivity index is 3.44. The van der Waals surface area contributed by atoms with Crippen LogP contribution in [0.5, 0.6) is 0 Å². The molecule has 0 spiro atoms. The molecule has 10 N–H and O–H groups in total. The average molecular weight is 456 g/mol. The van der Waals surface area contributed by atoms with Crippen molar-refractivity contribution in [1.29, 1.82) is 0 Å². The Kier molecular flexibility index (Phi) is 7.75. The van der Waals surface area contributed by atoms with Crippen molar-refractivity contribution in [2.75, 3.05) is 0 Å². The molecule has 0 amide bonds. The summed E-state index contributed by atoms with van der Waals surface area (Å²) >= 11 is 0. The molecule has 0 radical (unpaired) electrons. The van der Waals surface area contributed by atoms with E-state index in [1.165, 1.54) is 32.7 Å². The second kappa shape index (κ2) is 8.24. The largest absolute Gasteiger partial charge is 0.499 e. The third-order valence-electron chi connectivity index (χ3n) is 2.92. The highest BCUT2D eigenvalue weighted by molar-refractivity contribution is 6.88. The minimum Gasteiger partial charge on any atom is -0.371 e. The van der Waals surface area contributed by atoms with Crippen LogP contribution in [-0.2, 0) is 43.2 Å². The molecule has 150 valence electrons. The van der Waals surface area contributed by atoms with E-state index >= 15 is 0 Å². The van der Waals surface area contributed by atoms with E-state index in [1.54, 1.807) is 0 Å². The van der Waals surface area contributed by atoms with Crippen molar-refractivity contribution in [3.05, 3.63) is 0 Å². The number of hydrogen-bond donors (Lipinski definition) is 5. The van der Waals surface area contributed by atoms with Crippen LogP contribution in [0.2, 0.25) is 32.7 Å². The van der Waals surface area contributed by atoms with Gasteiger partial charge in [0.25, 0.3) is 0 Å². The summed E-state index contributed by atoms with van der Waals surface area (Å²) in [6.45, 7) is 7.16. The van der Waals surface area contributed by atoms with Gasteiger partial charge in [-0.2, -0.15) is 0 Å². The van der Waals surface area contributed by atoms with Gasteiger partial charge in [0.15, 0.2) is 0 Å². The van der Waals surface area contributed by atoms with Gasteiger partial charge in [0.2, 0.25) is 0 Å². The molecule has 0 bridgehead atoms. The fourth-order valence-corrected chi connectivity index (χ4v) is 20.1. The Hall–Kier alpha value is 0.484. The smallest absolute Gasteiger partial charge is 0.371 e. The number of hydrogen-bond acceptors (Lipinski definition) is 15. The van der Waals surface area contributed by atoms with E-state index in [0.29, 0.717) is 0 Å². The minimum absolute atomic E-state index is 1.43. The molecular weight excluding hydrogens is 431 g/mol. The van der Waals surface area contributed by atoms with Crippen molar-refractivity contribution in [3.63, 3.8) is 0 Å². The summed E-state index contributed by atoms with van der Waals surface area (Å²) in [6, 6.07) is 0. The molecule has 20 heteroatoms. The van der Waals surface area contributed by atoms with Gasteiger partial charge in [-0.15, -0.1) is 0 Å². The molecule has 1 aliphatic rings. The fourth-order valence-electron chi connectivity index (χ4n) is 2.03. The topological polar surface area (TPSA) is 222 Å². The third kappa shape index (κ3) is 5.98. The van der Waals surface area contributed by atoms with Crippen LogP contribution in [0.3, 0.4) is 0 Å². The molecule has 15 nitrogen and oxygen atoms in total. The van der Waals surface area contributed by atoms with Crippen LogP contribution in [-0.4, -0.2) is 44.0 Å². The predicted octanol–water partition coefficient (Wildman–Crippen LogP) is -2.62. The molecule has 0 aliphatic carbocycles. The molecule has 0 atom stereocenters. The van der Waals surface area contributed by atoms with Gasteiger partial charge in [-0.25, -0.2) is 29.5 Å². The maximum absolute atomic E-state index is 5.72. The zero-order chi connectivity index (χ0) is 19.6. The fraction of sp³-hybridized carbons (Fsp3) is 1.00. The zero-order valence-corrected chi connectivity index (χ0v) is 19.5. The van der Waals surface area contributed by atoms with E-state index in [0.717, 1.165) is 0 Å². The quantitative estimate of drug-likeness (QED) is 0.211. The SMILES string of the molecule is C[Si]1(ON)O[Si](C)(ON)O[Si](C)(ON)O[Si](C)(ON)O[Si](C)(ON)O1. The Morgan fingerprint density at radius 3 is 0.600 bits per heavy atom. The molecule has 25 heavy (non-hydrogen) atoms. The molecule has 0 saturated carbocycles. The first-order chi connectivity index (χ1) is 11.3. The van der Waals surface area contributed by atoms with Gasteiger partial charge in [0.05, 0.1) is 0 Å². The first kappa shape index (κ1) is 23.5. The summed E-state index contributed by atoms with van der Waals surface area (Å²) in [5.74, 6) is 26.7. The van der Waals surface area contributed by atoms with Gasteiger partial charge in [-0.05, 0) is 0 Å². The van der Waals surface area contributed by atoms with Crippen molar-refractivity contribution >= 4 is 44.0 Å². The monoisotopic (exact) mass is 455 g/mol. The normalized spacial score (nSPS) is 46.8. The van der Waals surface area contributed by atoms with E-state index in [2.05, 4.69) is 0 Å². The van der Waals surface area contributed by atoms with Gasteiger partial charge in [-0.1, -0.05) is 0 Å². The van der Waals surface area contributed by atoms with Crippen LogP contribution in [0, 0.1) is 0 Å². The Morgan fingerprint density at radius 1 is 0.400 bits per heavy atom. The van der Waals surface area contributed by atoms with E-state index in [1.807, 2.05) is 0 Å². The van der Waals surface area contributed by atoms with Crippen LogP contribution in [0.15, 0.2) is 0 Å². The Morgan fingerprint density at radius 2 is 0.520 bits per heavy atom. The minimum atomic E-state index is -3.67. The summed E-state index contributed by atoms with van der Waals surface area (Å²) < 4.78 is 53.0. The van der Waals surface area contributed by atoms with Crippen LogP contribution in [0.4, 0.5) is 0 Å². The van der Waals surface area contributed by atoms with Crippen molar-refractivity contribution in [2.24, 2.45) is 29.5 Å². The lowest BCUT2D eigenvalue weighted by atomic mass is 11.9. The predicted molar refractivity (Wildman–Crippen MR) is 89.9 cm³/mol. The van der Waals surface area contributed by atoms with Crippen molar-refractivity contribution < 1.29 is 43.2 Å². The lowest BCUT2D eigenvalue weighted by Crippen LogP contribution is -2.72. The Bertz CT molecular complexity index is 361. The maximum atomic E-state index is 5.72. The van der Waals surface area contributed by atoms with E-state index in [4.69, 9.17) is 72.7 Å². The summed E-state index contributed by atoms with van der Waals surface area (Å²) in [7, 11) is -18.4. The first-order valence-electron chi connectivity index (χ1n) is 6.74. The van der Waals surface area contributed by atoms with Crippen molar-refractivity contribution in [1.82, 2.24) is 0 Å². The second-order valence-electron chi connectivity index (χ2n) is 5.41. The second-order valence-corrected chi connectivity index (χ2v) is 19.3. The summed E-state index contributed by atoms with van der Waals surface area (Å²) in [5.41, 5.74) is 0. The highest BCUT2D eigenvalue weighted by atomic mass is 28.6. The van der Waals surface area contributed by atoms with Crippen LogP contribution in [0.25, 0.3) is 0 Å². The van der Waals surface area contributed by atoms with Crippen LogP contribution >= 0.6 is 0 Å². The maximum Gasteiger partial charge on any atom is 0.499 e. The Labute approximate surface area is 150 Å². The average Bonchev–Trinajstić information content (AvgIpc) is 2.53. The highest BCUT2D eigenvalue weighted by Crippen LogP contribution is 2.30. The molecule has 0 aromatic carbocycles. The lowest BCUT2D eigenvalue weighted by Gasteiger charge is -2.43. The van der Waals surface area contributed by atoms with Crippen LogP contribution in [0.1, 0.15) is 0 Å². The van der Waals surface area contributed by atoms with E-state index in [9.17, 15) is 0 Å². The molecule has 0 aromatic rings. The van der Waals surface area contributed by atoms with E-state index in [-0.39, 0.29) is 0 Å². The van der Waals surface area contributed by atoms with E-state index < -0.39 is 44.0 Å². The van der Waals surface area contributed by atoms with Crippen molar-refractivity contribution in [2.45, 2.75) is 32.7 Å². The molecular formula is C5H25N5O10Si5. The third-order valence-corrected chi connectivity index (χ3v) is 19.9. The summed E-state index contributed by atoms with van der Waals surface area (Å²) in [5, 5.41) is 0. The summed E-state index contributed by atoms with van der Waals surface area (Å²) in [4.78, 5) is 0. The van der Waals surface area contributed by atoms with Crippen LogP contribution < -0.4 is 29.5 Å². The first-order valence-corrected chi connectivity index (χ1v) is 17.9. The number of nitrogens with two attached hydrogens (primary N) is 5. The highest BCUT2D eigenvalue weighted by Gasteiger charge is 2.63. The van der Waals surface area contributed by atoms with Gasteiger partial charge in [0, 0.05) is 32.7 Å². The lowest BCUT2D eigenvalue weighted by molar-refractivity contribution is 0.0222. The van der Waals surface area contributed by atoms with Crippen molar-refractivity contribution in [3.8, 4) is 0 Å².